The van der Waals surface area contributed by atoms with E-state index in [4.69, 9.17) is 9.47 Å². The predicted octanol–water partition coefficient (Wildman–Crippen LogP) is 4.23. The SMILES string of the molecule is CCn1c(COc2ccc(OC)cc2)nnc1SCC(=O)Nc1ccc(C)cc1C. The average molecular weight is 427 g/mol. The first kappa shape index (κ1) is 21.7. The molecule has 0 aliphatic carbocycles. The number of aromatic nitrogens is 3. The van der Waals surface area contributed by atoms with E-state index < -0.39 is 0 Å². The van der Waals surface area contributed by atoms with Crippen molar-refractivity contribution in [2.45, 2.75) is 39.1 Å². The van der Waals surface area contributed by atoms with E-state index in [1.165, 1.54) is 17.3 Å². The van der Waals surface area contributed by atoms with Crippen LogP contribution in [0.5, 0.6) is 11.5 Å². The van der Waals surface area contributed by atoms with Crippen LogP contribution in [0.3, 0.4) is 0 Å². The highest BCUT2D eigenvalue weighted by Gasteiger charge is 2.14. The van der Waals surface area contributed by atoms with Gasteiger partial charge in [0.05, 0.1) is 12.9 Å². The molecule has 158 valence electrons. The Bertz CT molecular complexity index is 1000. The molecule has 0 saturated carbocycles. The monoisotopic (exact) mass is 426 g/mol. The third-order valence-electron chi connectivity index (χ3n) is 4.53. The Morgan fingerprint density at radius 2 is 1.83 bits per heavy atom. The topological polar surface area (TPSA) is 78.3 Å². The number of ether oxygens (including phenoxy) is 2. The maximum atomic E-state index is 12.4. The van der Waals surface area contributed by atoms with Gasteiger partial charge in [-0.2, -0.15) is 0 Å². The first-order valence-corrected chi connectivity index (χ1v) is 10.7. The van der Waals surface area contributed by atoms with Gasteiger partial charge in [-0.1, -0.05) is 29.5 Å². The molecular formula is C22H26N4O3S. The van der Waals surface area contributed by atoms with E-state index in [-0.39, 0.29) is 11.7 Å². The van der Waals surface area contributed by atoms with E-state index in [9.17, 15) is 4.79 Å². The lowest BCUT2D eigenvalue weighted by Gasteiger charge is -2.10. The van der Waals surface area contributed by atoms with Gasteiger partial charge in [0.2, 0.25) is 5.91 Å². The summed E-state index contributed by atoms with van der Waals surface area (Å²) in [5, 5.41) is 12.1. The summed E-state index contributed by atoms with van der Waals surface area (Å²) in [5.41, 5.74) is 3.04. The lowest BCUT2D eigenvalue weighted by Crippen LogP contribution is -2.15. The fourth-order valence-corrected chi connectivity index (χ4v) is 3.76. The zero-order chi connectivity index (χ0) is 21.5. The molecule has 1 heterocycles. The number of thioether (sulfide) groups is 1. The van der Waals surface area contributed by atoms with Crippen molar-refractivity contribution < 1.29 is 14.3 Å². The number of hydrogen-bond donors (Lipinski definition) is 1. The highest BCUT2D eigenvalue weighted by atomic mass is 32.2. The number of hydrogen-bond acceptors (Lipinski definition) is 6. The summed E-state index contributed by atoms with van der Waals surface area (Å²) in [6.07, 6.45) is 0. The van der Waals surface area contributed by atoms with Gasteiger partial charge >= 0.3 is 0 Å². The lowest BCUT2D eigenvalue weighted by molar-refractivity contribution is -0.113. The molecule has 0 radical (unpaired) electrons. The van der Waals surface area contributed by atoms with Crippen molar-refractivity contribution in [2.75, 3.05) is 18.2 Å². The number of rotatable bonds is 9. The van der Waals surface area contributed by atoms with E-state index in [1.807, 2.05) is 67.8 Å². The van der Waals surface area contributed by atoms with Crippen molar-refractivity contribution in [3.05, 3.63) is 59.4 Å². The van der Waals surface area contributed by atoms with Gasteiger partial charge in [0, 0.05) is 12.2 Å². The Balaban J connectivity index is 1.57. The summed E-state index contributed by atoms with van der Waals surface area (Å²) in [5.74, 6) is 2.39. The number of aryl methyl sites for hydroxylation is 2. The summed E-state index contributed by atoms with van der Waals surface area (Å²) < 4.78 is 12.9. The zero-order valence-corrected chi connectivity index (χ0v) is 18.5. The number of anilines is 1. The molecule has 1 amide bonds. The van der Waals surface area contributed by atoms with Crippen LogP contribution in [-0.4, -0.2) is 33.5 Å². The largest absolute Gasteiger partial charge is 0.497 e. The molecule has 7 nitrogen and oxygen atoms in total. The first-order valence-electron chi connectivity index (χ1n) is 9.69. The van der Waals surface area contributed by atoms with Gasteiger partial charge in [-0.05, 0) is 56.7 Å². The molecule has 0 fully saturated rings. The molecule has 2 aromatic carbocycles. The molecule has 1 N–H and O–H groups in total. The van der Waals surface area contributed by atoms with Crippen molar-refractivity contribution in [2.24, 2.45) is 0 Å². The van der Waals surface area contributed by atoms with E-state index in [2.05, 4.69) is 15.5 Å². The molecule has 30 heavy (non-hydrogen) atoms. The molecule has 3 aromatic rings. The fourth-order valence-electron chi connectivity index (χ4n) is 2.94. The van der Waals surface area contributed by atoms with Crippen molar-refractivity contribution in [3.63, 3.8) is 0 Å². The van der Waals surface area contributed by atoms with E-state index in [0.29, 0.717) is 24.1 Å². The number of amides is 1. The molecule has 0 saturated heterocycles. The Labute approximate surface area is 180 Å². The molecule has 0 aliphatic rings. The number of nitrogens with zero attached hydrogens (tertiary/aromatic N) is 3. The number of nitrogens with one attached hydrogen (secondary N) is 1. The van der Waals surface area contributed by atoms with Crippen LogP contribution in [0, 0.1) is 13.8 Å². The molecule has 3 rings (SSSR count). The molecule has 0 aliphatic heterocycles. The second-order valence-corrected chi connectivity index (χ2v) is 7.70. The summed E-state index contributed by atoms with van der Waals surface area (Å²) >= 11 is 1.36. The second kappa shape index (κ2) is 10.2. The van der Waals surface area contributed by atoms with Crippen LogP contribution < -0.4 is 14.8 Å². The highest BCUT2D eigenvalue weighted by Crippen LogP contribution is 2.21. The zero-order valence-electron chi connectivity index (χ0n) is 17.6. The molecule has 0 unspecified atom stereocenters. The first-order chi connectivity index (χ1) is 14.5. The Kier molecular flexibility index (Phi) is 7.35. The predicted molar refractivity (Wildman–Crippen MR) is 118 cm³/mol. The van der Waals surface area contributed by atoms with Crippen molar-refractivity contribution >= 4 is 23.4 Å². The number of carbonyl (C=O) groups is 1. The number of carbonyl (C=O) groups excluding carboxylic acids is 1. The van der Waals surface area contributed by atoms with E-state index in [1.54, 1.807) is 7.11 Å². The minimum absolute atomic E-state index is 0.0753. The van der Waals surface area contributed by atoms with Crippen LogP contribution in [0.15, 0.2) is 47.6 Å². The van der Waals surface area contributed by atoms with Gasteiger partial charge in [0.1, 0.15) is 18.1 Å². The Morgan fingerprint density at radius 3 is 2.50 bits per heavy atom. The fraction of sp³-hybridized carbons (Fsp3) is 0.318. The van der Waals surface area contributed by atoms with Crippen LogP contribution in [0.2, 0.25) is 0 Å². The summed E-state index contributed by atoms with van der Waals surface area (Å²) in [4.78, 5) is 12.4. The highest BCUT2D eigenvalue weighted by molar-refractivity contribution is 7.99. The van der Waals surface area contributed by atoms with Crippen LogP contribution in [0.1, 0.15) is 23.9 Å². The molecule has 0 bridgehead atoms. The van der Waals surface area contributed by atoms with Gasteiger partial charge in [-0.3, -0.25) is 4.79 Å². The molecular weight excluding hydrogens is 400 g/mol. The van der Waals surface area contributed by atoms with Gasteiger partial charge < -0.3 is 19.4 Å². The lowest BCUT2D eigenvalue weighted by atomic mass is 10.1. The minimum Gasteiger partial charge on any atom is -0.497 e. The van der Waals surface area contributed by atoms with Crippen molar-refractivity contribution in [3.8, 4) is 11.5 Å². The number of methoxy groups -OCH3 is 1. The van der Waals surface area contributed by atoms with Gasteiger partial charge in [0.15, 0.2) is 11.0 Å². The normalized spacial score (nSPS) is 10.7. The van der Waals surface area contributed by atoms with Crippen LogP contribution in [0.4, 0.5) is 5.69 Å². The maximum absolute atomic E-state index is 12.4. The van der Waals surface area contributed by atoms with Gasteiger partial charge in [0.25, 0.3) is 0 Å². The molecule has 1 aromatic heterocycles. The Hall–Kier alpha value is -3.00. The van der Waals surface area contributed by atoms with Crippen molar-refractivity contribution in [1.82, 2.24) is 14.8 Å². The van der Waals surface area contributed by atoms with Crippen molar-refractivity contribution in [1.29, 1.82) is 0 Å². The third kappa shape index (κ3) is 5.54. The molecule has 8 heteroatoms. The standard InChI is InChI=1S/C22H26N4O3S/c1-5-26-20(13-29-18-9-7-17(28-4)8-10-18)24-25-22(26)30-14-21(27)23-19-11-6-15(2)12-16(19)3/h6-12H,5,13-14H2,1-4H3,(H,23,27). The van der Waals surface area contributed by atoms with Crippen LogP contribution in [-0.2, 0) is 17.9 Å². The molecule has 0 atom stereocenters. The summed E-state index contributed by atoms with van der Waals surface area (Å²) in [7, 11) is 1.63. The maximum Gasteiger partial charge on any atom is 0.234 e. The van der Waals surface area contributed by atoms with Crippen LogP contribution >= 0.6 is 11.8 Å². The van der Waals surface area contributed by atoms with Gasteiger partial charge in [-0.15, -0.1) is 10.2 Å². The number of benzene rings is 2. The van der Waals surface area contributed by atoms with E-state index >= 15 is 0 Å². The second-order valence-electron chi connectivity index (χ2n) is 6.76. The average Bonchev–Trinajstić information content (AvgIpc) is 3.15. The van der Waals surface area contributed by atoms with Crippen LogP contribution in [0.25, 0.3) is 0 Å². The summed E-state index contributed by atoms with van der Waals surface area (Å²) in [6, 6.07) is 13.3. The van der Waals surface area contributed by atoms with E-state index in [0.717, 1.165) is 22.7 Å². The summed E-state index contributed by atoms with van der Waals surface area (Å²) in [6.45, 7) is 7.01. The molecule has 0 spiro atoms. The Morgan fingerprint density at radius 1 is 1.10 bits per heavy atom. The minimum atomic E-state index is -0.0753. The smallest absolute Gasteiger partial charge is 0.234 e. The third-order valence-corrected chi connectivity index (χ3v) is 5.49. The van der Waals surface area contributed by atoms with Gasteiger partial charge in [-0.25, -0.2) is 0 Å². The quantitative estimate of drug-likeness (QED) is 0.516.